The molecular formula is C16H22N2S. The molecule has 0 spiro atoms. The van der Waals surface area contributed by atoms with Crippen molar-refractivity contribution in [2.45, 2.75) is 39.2 Å². The van der Waals surface area contributed by atoms with Crippen molar-refractivity contribution < 1.29 is 0 Å². The highest BCUT2D eigenvalue weighted by molar-refractivity contribution is 8.14. The maximum Gasteiger partial charge on any atom is 0.168 e. The Morgan fingerprint density at radius 1 is 1.37 bits per heavy atom. The fourth-order valence-electron chi connectivity index (χ4n) is 2.25. The summed E-state index contributed by atoms with van der Waals surface area (Å²) in [5, 5.41) is 1.11. The minimum atomic E-state index is 0.542. The molecule has 0 aromatic heterocycles. The van der Waals surface area contributed by atoms with Gasteiger partial charge < -0.3 is 4.90 Å². The highest BCUT2D eigenvalue weighted by Gasteiger charge is 2.30. The third-order valence-electron chi connectivity index (χ3n) is 3.27. The SMILES string of the molecule is C=C(CCC)/N=C1\SCC(CC)N1c1ccccc1. The second kappa shape index (κ2) is 6.80. The molecule has 1 atom stereocenters. The zero-order chi connectivity index (χ0) is 13.7. The summed E-state index contributed by atoms with van der Waals surface area (Å²) in [4.78, 5) is 7.10. The topological polar surface area (TPSA) is 15.6 Å². The molecule has 2 nitrogen and oxygen atoms in total. The first kappa shape index (κ1) is 14.2. The second-order valence-corrected chi connectivity index (χ2v) is 5.78. The second-order valence-electron chi connectivity index (χ2n) is 4.79. The van der Waals surface area contributed by atoms with Crippen molar-refractivity contribution in [1.29, 1.82) is 0 Å². The molecule has 1 saturated heterocycles. The van der Waals surface area contributed by atoms with Crippen molar-refractivity contribution in [2.24, 2.45) is 4.99 Å². The minimum Gasteiger partial charge on any atom is -0.317 e. The van der Waals surface area contributed by atoms with Gasteiger partial charge in [-0.2, -0.15) is 0 Å². The zero-order valence-corrected chi connectivity index (χ0v) is 12.6. The molecule has 1 aromatic rings. The number of allylic oxidation sites excluding steroid dienone is 1. The van der Waals surface area contributed by atoms with Crippen LogP contribution in [0.1, 0.15) is 33.1 Å². The van der Waals surface area contributed by atoms with Crippen LogP contribution in [0.3, 0.4) is 0 Å². The van der Waals surface area contributed by atoms with Gasteiger partial charge in [-0.15, -0.1) is 0 Å². The van der Waals surface area contributed by atoms with Crippen LogP contribution in [0.4, 0.5) is 5.69 Å². The van der Waals surface area contributed by atoms with E-state index in [0.29, 0.717) is 6.04 Å². The smallest absolute Gasteiger partial charge is 0.168 e. The van der Waals surface area contributed by atoms with Crippen molar-refractivity contribution in [3.63, 3.8) is 0 Å². The minimum absolute atomic E-state index is 0.542. The number of thioether (sulfide) groups is 1. The number of hydrogen-bond acceptors (Lipinski definition) is 2. The quantitative estimate of drug-likeness (QED) is 0.774. The number of benzene rings is 1. The lowest BCUT2D eigenvalue weighted by atomic mass is 10.2. The van der Waals surface area contributed by atoms with E-state index >= 15 is 0 Å². The summed E-state index contributed by atoms with van der Waals surface area (Å²) >= 11 is 1.85. The van der Waals surface area contributed by atoms with E-state index in [2.05, 4.69) is 55.7 Å². The normalized spacial score (nSPS) is 21.1. The van der Waals surface area contributed by atoms with Crippen molar-refractivity contribution >= 4 is 22.6 Å². The van der Waals surface area contributed by atoms with Crippen LogP contribution in [-0.2, 0) is 0 Å². The lowest BCUT2D eigenvalue weighted by Crippen LogP contribution is -2.33. The molecule has 1 fully saturated rings. The molecule has 1 aromatic carbocycles. The van der Waals surface area contributed by atoms with Gasteiger partial charge in [0, 0.05) is 23.2 Å². The maximum absolute atomic E-state index is 4.73. The predicted molar refractivity (Wildman–Crippen MR) is 86.9 cm³/mol. The van der Waals surface area contributed by atoms with Crippen LogP contribution in [0.15, 0.2) is 47.6 Å². The largest absolute Gasteiger partial charge is 0.317 e. The van der Waals surface area contributed by atoms with Crippen LogP contribution in [-0.4, -0.2) is 17.0 Å². The highest BCUT2D eigenvalue weighted by Crippen LogP contribution is 2.32. The summed E-state index contributed by atoms with van der Waals surface area (Å²) in [6, 6.07) is 11.1. The highest BCUT2D eigenvalue weighted by atomic mass is 32.2. The standard InChI is InChI=1S/C16H22N2S/c1-4-9-13(3)17-16-18(14(5-2)12-19-16)15-10-7-6-8-11-15/h6-8,10-11,14H,3-5,9,12H2,1-2H3/b17-16-. The van der Waals surface area contributed by atoms with E-state index in [4.69, 9.17) is 4.99 Å². The summed E-state index contributed by atoms with van der Waals surface area (Å²) in [5.41, 5.74) is 2.23. The van der Waals surface area contributed by atoms with E-state index in [9.17, 15) is 0 Å². The third-order valence-corrected chi connectivity index (χ3v) is 4.37. The summed E-state index contributed by atoms with van der Waals surface area (Å²) in [6.45, 7) is 8.46. The van der Waals surface area contributed by atoms with Crippen molar-refractivity contribution in [2.75, 3.05) is 10.7 Å². The molecule has 0 radical (unpaired) electrons. The number of nitrogens with zero attached hydrogens (tertiary/aromatic N) is 2. The number of aliphatic imine (C=N–C) groups is 1. The Bertz CT molecular complexity index is 453. The predicted octanol–water partition coefficient (Wildman–Crippen LogP) is 4.69. The summed E-state index contributed by atoms with van der Waals surface area (Å²) in [7, 11) is 0. The molecule has 102 valence electrons. The summed E-state index contributed by atoms with van der Waals surface area (Å²) in [5.74, 6) is 1.11. The monoisotopic (exact) mass is 274 g/mol. The van der Waals surface area contributed by atoms with E-state index in [-0.39, 0.29) is 0 Å². The Morgan fingerprint density at radius 2 is 2.11 bits per heavy atom. The fourth-order valence-corrected chi connectivity index (χ4v) is 3.56. The summed E-state index contributed by atoms with van der Waals surface area (Å²) in [6.07, 6.45) is 3.22. The van der Waals surface area contributed by atoms with Gasteiger partial charge in [0.05, 0.1) is 0 Å². The van der Waals surface area contributed by atoms with E-state index in [1.807, 2.05) is 11.8 Å². The Morgan fingerprint density at radius 3 is 2.74 bits per heavy atom. The van der Waals surface area contributed by atoms with Crippen LogP contribution >= 0.6 is 11.8 Å². The van der Waals surface area contributed by atoms with Gasteiger partial charge in [-0.1, -0.05) is 56.8 Å². The van der Waals surface area contributed by atoms with Gasteiger partial charge in [0.1, 0.15) is 0 Å². The van der Waals surface area contributed by atoms with Gasteiger partial charge in [-0.05, 0) is 25.0 Å². The van der Waals surface area contributed by atoms with Gasteiger partial charge in [-0.25, -0.2) is 4.99 Å². The third kappa shape index (κ3) is 3.41. The van der Waals surface area contributed by atoms with Crippen molar-refractivity contribution in [3.8, 4) is 0 Å². The van der Waals surface area contributed by atoms with Crippen molar-refractivity contribution in [3.05, 3.63) is 42.6 Å². The zero-order valence-electron chi connectivity index (χ0n) is 11.8. The van der Waals surface area contributed by atoms with Gasteiger partial charge in [0.25, 0.3) is 0 Å². The molecule has 0 N–H and O–H groups in total. The van der Waals surface area contributed by atoms with Gasteiger partial charge in [0.15, 0.2) is 5.17 Å². The Balaban J connectivity index is 2.26. The van der Waals surface area contributed by atoms with E-state index in [0.717, 1.165) is 35.9 Å². The lowest BCUT2D eigenvalue weighted by Gasteiger charge is -2.25. The molecule has 1 unspecified atom stereocenters. The Kier molecular flexibility index (Phi) is 5.08. The number of anilines is 1. The van der Waals surface area contributed by atoms with Gasteiger partial charge in [0.2, 0.25) is 0 Å². The summed E-state index contributed by atoms with van der Waals surface area (Å²) < 4.78 is 0. The Hall–Kier alpha value is -1.22. The first-order chi connectivity index (χ1) is 9.26. The average Bonchev–Trinajstić information content (AvgIpc) is 2.82. The molecule has 1 aliphatic heterocycles. The van der Waals surface area contributed by atoms with Crippen LogP contribution in [0.2, 0.25) is 0 Å². The lowest BCUT2D eigenvalue weighted by molar-refractivity contribution is 0.724. The van der Waals surface area contributed by atoms with E-state index in [1.54, 1.807) is 0 Å². The van der Waals surface area contributed by atoms with Crippen LogP contribution in [0.25, 0.3) is 0 Å². The molecule has 3 heteroatoms. The molecule has 1 heterocycles. The van der Waals surface area contributed by atoms with Gasteiger partial charge in [-0.3, -0.25) is 0 Å². The maximum atomic E-state index is 4.73. The fraction of sp³-hybridized carbons (Fsp3) is 0.438. The first-order valence-corrected chi connectivity index (χ1v) is 7.98. The van der Waals surface area contributed by atoms with Gasteiger partial charge >= 0.3 is 0 Å². The molecule has 1 aliphatic rings. The molecule has 0 bridgehead atoms. The van der Waals surface area contributed by atoms with Crippen LogP contribution in [0, 0.1) is 0 Å². The molecule has 0 saturated carbocycles. The first-order valence-electron chi connectivity index (χ1n) is 6.99. The molecule has 19 heavy (non-hydrogen) atoms. The Labute approximate surface area is 120 Å². The van der Waals surface area contributed by atoms with Crippen LogP contribution in [0.5, 0.6) is 0 Å². The number of rotatable bonds is 5. The number of hydrogen-bond donors (Lipinski definition) is 0. The van der Waals surface area contributed by atoms with Crippen LogP contribution < -0.4 is 4.90 Å². The van der Waals surface area contributed by atoms with E-state index in [1.165, 1.54) is 5.69 Å². The molecule has 0 aliphatic carbocycles. The molecule has 0 amide bonds. The number of para-hydroxylation sites is 1. The molecular weight excluding hydrogens is 252 g/mol. The average molecular weight is 274 g/mol. The molecule has 2 rings (SSSR count). The number of amidine groups is 1. The van der Waals surface area contributed by atoms with Crippen molar-refractivity contribution in [1.82, 2.24) is 0 Å². The van der Waals surface area contributed by atoms with E-state index < -0.39 is 0 Å².